The number of thioether (sulfide) groups is 1. The van der Waals surface area contributed by atoms with Crippen LogP contribution in [0.25, 0.3) is 0 Å². The molecule has 0 unspecified atom stereocenters. The van der Waals surface area contributed by atoms with Crippen LogP contribution in [-0.4, -0.2) is 31.9 Å². The van der Waals surface area contributed by atoms with Crippen molar-refractivity contribution in [2.75, 3.05) is 5.32 Å². The van der Waals surface area contributed by atoms with E-state index in [2.05, 4.69) is 20.8 Å². The maximum Gasteiger partial charge on any atom is 0.288 e. The summed E-state index contributed by atoms with van der Waals surface area (Å²) in [5.41, 5.74) is 0.339. The average molecular weight is 285 g/mol. The number of tetrazole rings is 1. The topological polar surface area (TPSA) is 72.7 Å². The largest absolute Gasteiger partial charge is 0.323 e. The van der Waals surface area contributed by atoms with Crippen molar-refractivity contribution in [1.82, 2.24) is 20.2 Å². The highest BCUT2D eigenvalue weighted by atomic mass is 32.2. The third kappa shape index (κ3) is 3.98. The van der Waals surface area contributed by atoms with E-state index < -0.39 is 11.7 Å². The van der Waals surface area contributed by atoms with Crippen molar-refractivity contribution in [1.29, 1.82) is 0 Å². The second-order valence-electron chi connectivity index (χ2n) is 3.43. The number of hydrogen-bond acceptors (Lipinski definition) is 5. The number of hydrogen-bond donors (Lipinski definition) is 1. The van der Waals surface area contributed by atoms with Gasteiger partial charge in [0, 0.05) is 4.90 Å². The van der Waals surface area contributed by atoms with E-state index in [1.807, 2.05) is 0 Å². The zero-order chi connectivity index (χ0) is 13.7. The molecule has 1 N–H and O–H groups in total. The quantitative estimate of drug-likeness (QED) is 0.845. The summed E-state index contributed by atoms with van der Waals surface area (Å²) < 4.78 is 26.0. The molecule has 0 aliphatic heterocycles. The van der Waals surface area contributed by atoms with E-state index in [0.29, 0.717) is 22.3 Å². The summed E-state index contributed by atoms with van der Waals surface area (Å²) >= 11 is 0.380. The molecule has 0 bridgehead atoms. The van der Waals surface area contributed by atoms with Gasteiger partial charge in [-0.15, -0.1) is 5.10 Å². The van der Waals surface area contributed by atoms with Crippen molar-refractivity contribution in [3.63, 3.8) is 0 Å². The predicted molar refractivity (Wildman–Crippen MR) is 64.7 cm³/mol. The number of amides is 1. The Morgan fingerprint density at radius 2 is 2.21 bits per heavy atom. The third-order valence-corrected chi connectivity index (χ3v) is 2.86. The van der Waals surface area contributed by atoms with Crippen LogP contribution in [0.1, 0.15) is 0 Å². The molecular weight excluding hydrogens is 276 g/mol. The first-order valence-corrected chi connectivity index (χ1v) is 6.07. The molecule has 0 aliphatic rings. The molecule has 2 aromatic rings. The number of carbonyl (C=O) groups excluding carboxylic acids is 1. The molecule has 0 aliphatic carbocycles. The molecule has 1 amide bonds. The number of para-hydroxylation sites is 1. The van der Waals surface area contributed by atoms with Crippen molar-refractivity contribution >= 4 is 23.4 Å². The molecule has 0 radical (unpaired) electrons. The normalized spacial score (nSPS) is 10.7. The smallest absolute Gasteiger partial charge is 0.288 e. The van der Waals surface area contributed by atoms with Gasteiger partial charge in [0.05, 0.1) is 5.69 Å². The lowest BCUT2D eigenvalue weighted by molar-refractivity contribution is -0.116. The van der Waals surface area contributed by atoms with Gasteiger partial charge in [0.25, 0.3) is 5.76 Å². The van der Waals surface area contributed by atoms with E-state index in [1.54, 1.807) is 18.2 Å². The fraction of sp³-hybridized carbons (Fsp3) is 0.200. The lowest BCUT2D eigenvalue weighted by atomic mass is 10.3. The second-order valence-corrected chi connectivity index (χ2v) is 4.46. The Morgan fingerprint density at radius 3 is 2.89 bits per heavy atom. The second kappa shape index (κ2) is 6.23. The van der Waals surface area contributed by atoms with Gasteiger partial charge >= 0.3 is 0 Å². The number of rotatable bonds is 5. The molecule has 0 fully saturated rings. The Bertz CT molecular complexity index is 549. The number of carbonyl (C=O) groups is 1. The summed E-state index contributed by atoms with van der Waals surface area (Å²) in [4.78, 5) is 12.0. The molecule has 1 aromatic heterocycles. The molecule has 0 saturated heterocycles. The number of nitrogens with one attached hydrogen (secondary N) is 1. The van der Waals surface area contributed by atoms with Gasteiger partial charge in [-0.1, -0.05) is 23.9 Å². The number of nitrogens with zero attached hydrogens (tertiary/aromatic N) is 4. The molecule has 1 aromatic carbocycles. The molecule has 100 valence electrons. The maximum atomic E-state index is 12.4. The Balaban J connectivity index is 2.04. The lowest BCUT2D eigenvalue weighted by Crippen LogP contribution is -2.19. The van der Waals surface area contributed by atoms with Crippen LogP contribution in [0.15, 0.2) is 35.5 Å². The third-order valence-electron chi connectivity index (χ3n) is 2.07. The summed E-state index contributed by atoms with van der Waals surface area (Å²) in [6, 6.07) is 6.36. The summed E-state index contributed by atoms with van der Waals surface area (Å²) in [5, 5.41) is 12.9. The van der Waals surface area contributed by atoms with Crippen LogP contribution in [-0.2, 0) is 11.3 Å². The zero-order valence-electron chi connectivity index (χ0n) is 9.53. The minimum absolute atomic E-state index is 0.0827. The highest BCUT2D eigenvalue weighted by Gasteiger charge is 2.12. The lowest BCUT2D eigenvalue weighted by Gasteiger charge is -2.09. The minimum Gasteiger partial charge on any atom is -0.323 e. The summed E-state index contributed by atoms with van der Waals surface area (Å²) in [7, 11) is 0. The number of alkyl halides is 2. The molecule has 9 heteroatoms. The van der Waals surface area contributed by atoms with Gasteiger partial charge in [0.2, 0.25) is 5.91 Å². The van der Waals surface area contributed by atoms with Crippen LogP contribution < -0.4 is 5.32 Å². The predicted octanol–water partition coefficient (Wildman–Crippen LogP) is 1.63. The van der Waals surface area contributed by atoms with E-state index in [9.17, 15) is 13.6 Å². The molecule has 1 heterocycles. The van der Waals surface area contributed by atoms with Gasteiger partial charge in [0.15, 0.2) is 0 Å². The van der Waals surface area contributed by atoms with E-state index in [0.717, 1.165) is 0 Å². The minimum atomic E-state index is -2.54. The summed E-state index contributed by atoms with van der Waals surface area (Å²) in [5.74, 6) is -2.94. The van der Waals surface area contributed by atoms with Crippen LogP contribution in [0.5, 0.6) is 0 Å². The molecule has 6 nitrogen and oxygen atoms in total. The first-order valence-electron chi connectivity index (χ1n) is 5.19. The van der Waals surface area contributed by atoms with Crippen LogP contribution in [0, 0.1) is 0 Å². The van der Waals surface area contributed by atoms with Gasteiger partial charge in [-0.3, -0.25) is 4.79 Å². The Morgan fingerprint density at radius 1 is 1.42 bits per heavy atom. The van der Waals surface area contributed by atoms with Gasteiger partial charge in [0.1, 0.15) is 12.9 Å². The molecule has 19 heavy (non-hydrogen) atoms. The Hall–Kier alpha value is -2.03. The summed E-state index contributed by atoms with van der Waals surface area (Å²) in [6.45, 7) is -0.0827. The standard InChI is InChI=1S/C10H9F2N5OS/c11-10(12)19-8-4-2-1-3-7(8)14-9(18)5-17-6-13-15-16-17/h1-4,6,10H,5H2,(H,14,18). The van der Waals surface area contributed by atoms with Crippen molar-refractivity contribution in [2.24, 2.45) is 0 Å². The molecule has 0 spiro atoms. The first kappa shape index (κ1) is 13.4. The molecular formula is C10H9F2N5OS. The van der Waals surface area contributed by atoms with Crippen LogP contribution in [0.3, 0.4) is 0 Å². The first-order chi connectivity index (χ1) is 9.15. The highest BCUT2D eigenvalue weighted by molar-refractivity contribution is 7.99. The van der Waals surface area contributed by atoms with E-state index in [1.165, 1.54) is 17.1 Å². The summed E-state index contributed by atoms with van der Waals surface area (Å²) in [6.07, 6.45) is 1.29. The van der Waals surface area contributed by atoms with Crippen molar-refractivity contribution in [3.8, 4) is 0 Å². The molecule has 0 atom stereocenters. The van der Waals surface area contributed by atoms with E-state index >= 15 is 0 Å². The number of halogens is 2. The average Bonchev–Trinajstić information content (AvgIpc) is 2.83. The monoisotopic (exact) mass is 285 g/mol. The van der Waals surface area contributed by atoms with Crippen LogP contribution in [0.2, 0.25) is 0 Å². The van der Waals surface area contributed by atoms with Crippen LogP contribution >= 0.6 is 11.8 Å². The number of benzene rings is 1. The highest BCUT2D eigenvalue weighted by Crippen LogP contribution is 2.31. The fourth-order valence-corrected chi connectivity index (χ4v) is 1.95. The molecule has 2 rings (SSSR count). The van der Waals surface area contributed by atoms with Gasteiger partial charge in [-0.25, -0.2) is 4.68 Å². The van der Waals surface area contributed by atoms with Crippen molar-refractivity contribution in [3.05, 3.63) is 30.6 Å². The number of anilines is 1. The zero-order valence-corrected chi connectivity index (χ0v) is 10.3. The molecule has 0 saturated carbocycles. The number of aromatic nitrogens is 4. The van der Waals surface area contributed by atoms with Gasteiger partial charge < -0.3 is 5.32 Å². The van der Waals surface area contributed by atoms with Crippen LogP contribution in [0.4, 0.5) is 14.5 Å². The SMILES string of the molecule is O=C(Cn1cnnn1)Nc1ccccc1SC(F)F. The van der Waals surface area contributed by atoms with Crippen molar-refractivity contribution in [2.45, 2.75) is 17.2 Å². The Labute approximate surface area is 111 Å². The van der Waals surface area contributed by atoms with E-state index in [-0.39, 0.29) is 6.54 Å². The van der Waals surface area contributed by atoms with Gasteiger partial charge in [-0.2, -0.15) is 8.78 Å². The van der Waals surface area contributed by atoms with Crippen molar-refractivity contribution < 1.29 is 13.6 Å². The van der Waals surface area contributed by atoms with E-state index in [4.69, 9.17) is 0 Å². The van der Waals surface area contributed by atoms with Gasteiger partial charge in [-0.05, 0) is 22.6 Å². The maximum absolute atomic E-state index is 12.4. The fourth-order valence-electron chi connectivity index (χ4n) is 1.36. The Kier molecular flexibility index (Phi) is 4.39.